The van der Waals surface area contributed by atoms with Gasteiger partial charge in [-0.3, -0.25) is 5.10 Å². The maximum atomic E-state index is 13.2. The number of aromatic nitrogens is 5. The summed E-state index contributed by atoms with van der Waals surface area (Å²) in [6, 6.07) is 11.4. The lowest BCUT2D eigenvalue weighted by molar-refractivity contribution is 0.208. The summed E-state index contributed by atoms with van der Waals surface area (Å²) >= 11 is 0. The van der Waals surface area contributed by atoms with Crippen molar-refractivity contribution in [3.8, 4) is 0 Å². The van der Waals surface area contributed by atoms with Gasteiger partial charge in [0.25, 0.3) is 0 Å². The first-order valence-electron chi connectivity index (χ1n) is 9.28. The van der Waals surface area contributed by atoms with E-state index in [0.29, 0.717) is 23.1 Å². The quantitative estimate of drug-likeness (QED) is 0.493. The second-order valence-corrected chi connectivity index (χ2v) is 7.07. The van der Waals surface area contributed by atoms with Crippen LogP contribution in [-0.2, 0) is 0 Å². The number of nitrogens with zero attached hydrogens (tertiary/aromatic N) is 4. The van der Waals surface area contributed by atoms with Crippen LogP contribution in [0.4, 0.5) is 16.0 Å². The lowest BCUT2D eigenvalue weighted by Gasteiger charge is -2.23. The van der Waals surface area contributed by atoms with Gasteiger partial charge in [-0.1, -0.05) is 18.6 Å². The predicted molar refractivity (Wildman–Crippen MR) is 102 cm³/mol. The zero-order valence-electron chi connectivity index (χ0n) is 15.0. The molecule has 8 heteroatoms. The molecular formula is C20H19FN6O. The number of H-pyrrole nitrogens is 1. The van der Waals surface area contributed by atoms with Crippen LogP contribution < -0.4 is 5.32 Å². The van der Waals surface area contributed by atoms with Crippen LogP contribution in [0.15, 0.2) is 48.7 Å². The highest BCUT2D eigenvalue weighted by atomic mass is 19.1. The average Bonchev–Trinajstić information content (AvgIpc) is 3.30. The van der Waals surface area contributed by atoms with Gasteiger partial charge in [-0.05, 0) is 42.7 Å². The molecular weight excluding hydrogens is 359 g/mol. The summed E-state index contributed by atoms with van der Waals surface area (Å²) in [5.41, 5.74) is 2.41. The van der Waals surface area contributed by atoms with Crippen LogP contribution in [0.1, 0.15) is 48.4 Å². The molecule has 0 saturated heterocycles. The van der Waals surface area contributed by atoms with Gasteiger partial charge < -0.3 is 10.4 Å². The maximum Gasteiger partial charge on any atom is 0.184 e. The van der Waals surface area contributed by atoms with Crippen molar-refractivity contribution < 1.29 is 9.50 Å². The number of rotatable bonds is 5. The fourth-order valence-electron chi connectivity index (χ4n) is 3.40. The van der Waals surface area contributed by atoms with Crippen molar-refractivity contribution in [2.45, 2.75) is 31.3 Å². The van der Waals surface area contributed by atoms with E-state index in [2.05, 4.69) is 25.6 Å². The number of hydrogen-bond donors (Lipinski definition) is 3. The molecule has 1 aromatic carbocycles. The number of nitrogens with one attached hydrogen (secondary N) is 2. The van der Waals surface area contributed by atoms with Crippen molar-refractivity contribution in [1.29, 1.82) is 0 Å². The minimum Gasteiger partial charge on any atom is -0.380 e. The number of fused-ring (bicyclic) bond motifs is 1. The van der Waals surface area contributed by atoms with Gasteiger partial charge in [-0.15, -0.1) is 5.10 Å². The largest absolute Gasteiger partial charge is 0.380 e. The summed E-state index contributed by atoms with van der Waals surface area (Å²) in [5, 5.41) is 25.7. The summed E-state index contributed by atoms with van der Waals surface area (Å²) in [7, 11) is 0. The van der Waals surface area contributed by atoms with E-state index in [1.807, 2.05) is 18.2 Å². The van der Waals surface area contributed by atoms with E-state index in [1.165, 1.54) is 43.5 Å². The van der Waals surface area contributed by atoms with Crippen molar-refractivity contribution in [3.05, 3.63) is 71.6 Å². The van der Waals surface area contributed by atoms with Gasteiger partial charge in [0.05, 0.1) is 0 Å². The Hall–Kier alpha value is -3.26. The Kier molecular flexibility index (Phi) is 4.05. The highest BCUT2D eigenvalue weighted by Gasteiger charge is 2.22. The fraction of sp³-hybridized carbons (Fsp3) is 0.250. The first-order chi connectivity index (χ1) is 13.7. The first kappa shape index (κ1) is 16.9. The van der Waals surface area contributed by atoms with Crippen LogP contribution in [0.3, 0.4) is 0 Å². The Bertz CT molecular complexity index is 1120. The van der Waals surface area contributed by atoms with Crippen molar-refractivity contribution in [2.75, 3.05) is 5.32 Å². The summed E-state index contributed by atoms with van der Waals surface area (Å²) in [5.74, 6) is 1.62. The van der Waals surface area contributed by atoms with Gasteiger partial charge in [-0.25, -0.2) is 13.9 Å². The zero-order chi connectivity index (χ0) is 19.1. The van der Waals surface area contributed by atoms with Crippen molar-refractivity contribution in [3.63, 3.8) is 0 Å². The standard InChI is InChI=1S/C20H19FN6O/c21-14-8-6-13(7-9-14)18(28)20-23-19(16-5-2-10-27(16)26-20)22-17-11-15(24-25-17)12-3-1-4-12/h2,5-12,18,28H,1,3-4H2,(H2,22,23,24,25,26). The SMILES string of the molecule is OC(c1ccc(F)cc1)c1nc(Nc2cc(C3CCC3)[nH]n2)c2cccn2n1. The third-order valence-electron chi connectivity index (χ3n) is 5.23. The molecule has 1 fully saturated rings. The highest BCUT2D eigenvalue weighted by Crippen LogP contribution is 2.36. The molecule has 28 heavy (non-hydrogen) atoms. The van der Waals surface area contributed by atoms with Crippen LogP contribution >= 0.6 is 0 Å². The number of benzene rings is 1. The second-order valence-electron chi connectivity index (χ2n) is 7.07. The predicted octanol–water partition coefficient (Wildman–Crippen LogP) is 3.68. The van der Waals surface area contributed by atoms with E-state index in [1.54, 1.807) is 10.7 Å². The van der Waals surface area contributed by atoms with Crippen molar-refractivity contribution in [1.82, 2.24) is 24.8 Å². The molecule has 3 N–H and O–H groups in total. The molecule has 0 amide bonds. The van der Waals surface area contributed by atoms with Crippen molar-refractivity contribution >= 4 is 17.2 Å². The molecule has 7 nitrogen and oxygen atoms in total. The number of aromatic amines is 1. The molecule has 3 aromatic heterocycles. The zero-order valence-corrected chi connectivity index (χ0v) is 15.0. The fourth-order valence-corrected chi connectivity index (χ4v) is 3.40. The van der Waals surface area contributed by atoms with Crippen LogP contribution in [0.5, 0.6) is 0 Å². The van der Waals surface area contributed by atoms with E-state index in [0.717, 1.165) is 11.2 Å². The first-order valence-corrected chi connectivity index (χ1v) is 9.28. The topological polar surface area (TPSA) is 91.1 Å². The van der Waals surface area contributed by atoms with E-state index in [4.69, 9.17) is 0 Å². The molecule has 0 spiro atoms. The second kappa shape index (κ2) is 6.72. The molecule has 1 atom stereocenters. The van der Waals surface area contributed by atoms with Gasteiger partial charge in [0.15, 0.2) is 17.5 Å². The Morgan fingerprint density at radius 3 is 2.79 bits per heavy atom. The van der Waals surface area contributed by atoms with Gasteiger partial charge in [0.1, 0.15) is 17.4 Å². The number of hydrogen-bond acceptors (Lipinski definition) is 5. The summed E-state index contributed by atoms with van der Waals surface area (Å²) in [6.45, 7) is 0. The van der Waals surface area contributed by atoms with Crippen LogP contribution in [0.25, 0.3) is 5.52 Å². The molecule has 142 valence electrons. The van der Waals surface area contributed by atoms with Crippen molar-refractivity contribution in [2.24, 2.45) is 0 Å². The third-order valence-corrected chi connectivity index (χ3v) is 5.23. The third kappa shape index (κ3) is 3.01. The molecule has 1 aliphatic rings. The normalized spacial score (nSPS) is 15.5. The van der Waals surface area contributed by atoms with E-state index >= 15 is 0 Å². The molecule has 3 heterocycles. The Morgan fingerprint density at radius 1 is 1.21 bits per heavy atom. The van der Waals surface area contributed by atoms with E-state index in [-0.39, 0.29) is 11.6 Å². The maximum absolute atomic E-state index is 13.2. The number of halogens is 1. The molecule has 4 aromatic rings. The lowest BCUT2D eigenvalue weighted by atomic mass is 9.83. The molecule has 0 bridgehead atoms. The van der Waals surface area contributed by atoms with Gasteiger partial charge >= 0.3 is 0 Å². The molecule has 0 aliphatic heterocycles. The van der Waals surface area contributed by atoms with Gasteiger partial charge in [0.2, 0.25) is 0 Å². The van der Waals surface area contributed by atoms with Gasteiger partial charge in [-0.2, -0.15) is 5.10 Å². The monoisotopic (exact) mass is 378 g/mol. The molecule has 1 aliphatic carbocycles. The van der Waals surface area contributed by atoms with Crippen LogP contribution in [-0.4, -0.2) is 29.9 Å². The summed E-state index contributed by atoms with van der Waals surface area (Å²) in [4.78, 5) is 4.51. The Balaban J connectivity index is 1.48. The minimum atomic E-state index is -1.07. The van der Waals surface area contributed by atoms with Crippen LogP contribution in [0, 0.1) is 5.82 Å². The lowest BCUT2D eigenvalue weighted by Crippen LogP contribution is -2.11. The van der Waals surface area contributed by atoms with Crippen LogP contribution in [0.2, 0.25) is 0 Å². The summed E-state index contributed by atoms with van der Waals surface area (Å²) in [6.07, 6.45) is 4.34. The highest BCUT2D eigenvalue weighted by molar-refractivity contribution is 5.72. The molecule has 1 unspecified atom stereocenters. The Morgan fingerprint density at radius 2 is 2.04 bits per heavy atom. The Labute approximate surface area is 160 Å². The summed E-state index contributed by atoms with van der Waals surface area (Å²) < 4.78 is 14.8. The molecule has 0 radical (unpaired) electrons. The van der Waals surface area contributed by atoms with E-state index < -0.39 is 6.10 Å². The smallest absolute Gasteiger partial charge is 0.184 e. The number of aliphatic hydroxyl groups is 1. The number of aliphatic hydroxyl groups excluding tert-OH is 1. The molecule has 5 rings (SSSR count). The van der Waals surface area contributed by atoms with Gasteiger partial charge in [0, 0.05) is 23.9 Å². The average molecular weight is 378 g/mol. The van der Waals surface area contributed by atoms with E-state index in [9.17, 15) is 9.50 Å². The minimum absolute atomic E-state index is 0.215. The molecule has 1 saturated carbocycles. The number of anilines is 2.